The van der Waals surface area contributed by atoms with Crippen molar-refractivity contribution in [2.75, 3.05) is 0 Å². The van der Waals surface area contributed by atoms with Crippen LogP contribution in [-0.4, -0.2) is 5.91 Å². The van der Waals surface area contributed by atoms with E-state index in [1.54, 1.807) is 0 Å². The molecule has 1 aromatic rings. The first kappa shape index (κ1) is 9.71. The first-order valence-electron chi connectivity index (χ1n) is 4.59. The van der Waals surface area contributed by atoms with E-state index in [2.05, 4.69) is 27.3 Å². The Morgan fingerprint density at radius 3 is 2.86 bits per heavy atom. The summed E-state index contributed by atoms with van der Waals surface area (Å²) in [6.45, 7) is 4.53. The van der Waals surface area contributed by atoms with Gasteiger partial charge in [0.1, 0.15) is 0 Å². The molecule has 0 spiro atoms. The molecule has 1 N–H and O–H groups in total. The van der Waals surface area contributed by atoms with E-state index in [-0.39, 0.29) is 5.91 Å². The summed E-state index contributed by atoms with van der Waals surface area (Å²) in [4.78, 5) is 11.7. The summed E-state index contributed by atoms with van der Waals surface area (Å²) in [5.41, 5.74) is 1.88. The van der Waals surface area contributed by atoms with Crippen molar-refractivity contribution >= 4 is 21.8 Å². The van der Waals surface area contributed by atoms with Crippen LogP contribution in [0.2, 0.25) is 0 Å². The molecule has 1 amide bonds. The number of amides is 1. The summed E-state index contributed by atoms with van der Waals surface area (Å²) in [6.07, 6.45) is 0. The Morgan fingerprint density at radius 2 is 2.14 bits per heavy atom. The molecule has 1 aliphatic rings. The lowest BCUT2D eigenvalue weighted by Crippen LogP contribution is -2.44. The lowest BCUT2D eigenvalue weighted by Gasteiger charge is -2.32. The van der Waals surface area contributed by atoms with Crippen molar-refractivity contribution in [1.29, 1.82) is 0 Å². The molecule has 0 radical (unpaired) electrons. The van der Waals surface area contributed by atoms with Crippen LogP contribution in [0.5, 0.6) is 0 Å². The molecule has 0 unspecified atom stereocenters. The molecule has 3 heteroatoms. The zero-order chi connectivity index (χ0) is 10.3. The van der Waals surface area contributed by atoms with Gasteiger partial charge in [-0.15, -0.1) is 0 Å². The maximum Gasteiger partial charge on any atom is 0.230 e. The van der Waals surface area contributed by atoms with Gasteiger partial charge in [0.05, 0.1) is 5.41 Å². The molecule has 0 fully saturated rings. The topological polar surface area (TPSA) is 29.1 Å². The minimum Gasteiger partial charge on any atom is -0.351 e. The molecule has 0 aliphatic carbocycles. The Hall–Kier alpha value is -0.830. The SMILES string of the molecule is CC1(C)C(=O)NCc2cccc(Br)c21. The van der Waals surface area contributed by atoms with Gasteiger partial charge in [-0.3, -0.25) is 4.79 Å². The lowest BCUT2D eigenvalue weighted by atomic mass is 9.78. The molecule has 1 aromatic carbocycles. The predicted molar refractivity (Wildman–Crippen MR) is 59.0 cm³/mol. The van der Waals surface area contributed by atoms with Crippen LogP contribution in [0.3, 0.4) is 0 Å². The fourth-order valence-electron chi connectivity index (χ4n) is 1.93. The van der Waals surface area contributed by atoms with Gasteiger partial charge in [-0.25, -0.2) is 0 Å². The predicted octanol–water partition coefficient (Wildman–Crippen LogP) is 2.36. The number of carbonyl (C=O) groups is 1. The monoisotopic (exact) mass is 253 g/mol. The van der Waals surface area contributed by atoms with Crippen LogP contribution in [0.4, 0.5) is 0 Å². The van der Waals surface area contributed by atoms with Crippen molar-refractivity contribution in [2.24, 2.45) is 0 Å². The second-order valence-electron chi connectivity index (χ2n) is 4.08. The van der Waals surface area contributed by atoms with Crippen LogP contribution in [-0.2, 0) is 16.8 Å². The van der Waals surface area contributed by atoms with E-state index < -0.39 is 5.41 Å². The van der Waals surface area contributed by atoms with E-state index in [9.17, 15) is 4.79 Å². The average molecular weight is 254 g/mol. The van der Waals surface area contributed by atoms with E-state index in [1.807, 2.05) is 26.0 Å². The number of hydrogen-bond acceptors (Lipinski definition) is 1. The number of fused-ring (bicyclic) bond motifs is 1. The van der Waals surface area contributed by atoms with Crippen LogP contribution in [0.25, 0.3) is 0 Å². The van der Waals surface area contributed by atoms with Gasteiger partial charge in [0, 0.05) is 11.0 Å². The second kappa shape index (κ2) is 3.09. The molecule has 2 nitrogen and oxygen atoms in total. The Balaban J connectivity index is 2.67. The number of halogens is 1. The molecule has 0 saturated carbocycles. The minimum absolute atomic E-state index is 0.0944. The van der Waals surface area contributed by atoms with Gasteiger partial charge in [0.2, 0.25) is 5.91 Å². The summed E-state index contributed by atoms with van der Waals surface area (Å²) in [5.74, 6) is 0.0944. The lowest BCUT2D eigenvalue weighted by molar-refractivity contribution is -0.126. The maximum absolute atomic E-state index is 11.7. The van der Waals surface area contributed by atoms with Crippen LogP contribution in [0.15, 0.2) is 22.7 Å². The highest BCUT2D eigenvalue weighted by Gasteiger charge is 2.36. The van der Waals surface area contributed by atoms with E-state index in [1.165, 1.54) is 5.56 Å². The molecule has 1 heterocycles. The fourth-order valence-corrected chi connectivity index (χ4v) is 2.83. The van der Waals surface area contributed by atoms with Gasteiger partial charge in [0.15, 0.2) is 0 Å². The summed E-state index contributed by atoms with van der Waals surface area (Å²) in [6, 6.07) is 6.04. The average Bonchev–Trinajstić information content (AvgIpc) is 2.11. The Labute approximate surface area is 91.8 Å². The molecular formula is C11H12BrNO. The fraction of sp³-hybridized carbons (Fsp3) is 0.364. The van der Waals surface area contributed by atoms with Gasteiger partial charge in [-0.2, -0.15) is 0 Å². The summed E-state index contributed by atoms with van der Waals surface area (Å²) in [7, 11) is 0. The zero-order valence-corrected chi connectivity index (χ0v) is 9.81. The highest BCUT2D eigenvalue weighted by atomic mass is 79.9. The first-order valence-corrected chi connectivity index (χ1v) is 5.39. The van der Waals surface area contributed by atoms with Crippen LogP contribution in [0.1, 0.15) is 25.0 Å². The number of carbonyl (C=O) groups excluding carboxylic acids is 1. The summed E-state index contributed by atoms with van der Waals surface area (Å²) in [5, 5.41) is 2.90. The van der Waals surface area contributed by atoms with Gasteiger partial charge < -0.3 is 5.32 Å². The van der Waals surface area contributed by atoms with Crippen molar-refractivity contribution in [3.05, 3.63) is 33.8 Å². The molecule has 0 bridgehead atoms. The third kappa shape index (κ3) is 1.27. The van der Waals surface area contributed by atoms with E-state index in [0.717, 1.165) is 10.0 Å². The molecule has 1 aliphatic heterocycles. The third-order valence-corrected chi connectivity index (χ3v) is 3.39. The van der Waals surface area contributed by atoms with Crippen molar-refractivity contribution in [1.82, 2.24) is 5.32 Å². The Bertz CT molecular complexity index is 398. The largest absolute Gasteiger partial charge is 0.351 e. The zero-order valence-electron chi connectivity index (χ0n) is 8.23. The van der Waals surface area contributed by atoms with Crippen LogP contribution < -0.4 is 5.32 Å². The third-order valence-electron chi connectivity index (χ3n) is 2.73. The van der Waals surface area contributed by atoms with E-state index in [4.69, 9.17) is 0 Å². The molecular weight excluding hydrogens is 242 g/mol. The van der Waals surface area contributed by atoms with Crippen molar-refractivity contribution in [2.45, 2.75) is 25.8 Å². The van der Waals surface area contributed by atoms with Gasteiger partial charge in [-0.1, -0.05) is 28.1 Å². The highest BCUT2D eigenvalue weighted by Crippen LogP contribution is 2.35. The van der Waals surface area contributed by atoms with Crippen molar-refractivity contribution < 1.29 is 4.79 Å². The van der Waals surface area contributed by atoms with Crippen molar-refractivity contribution in [3.63, 3.8) is 0 Å². The van der Waals surface area contributed by atoms with Crippen molar-refractivity contribution in [3.8, 4) is 0 Å². The number of rotatable bonds is 0. The molecule has 14 heavy (non-hydrogen) atoms. The molecule has 0 aromatic heterocycles. The van der Waals surface area contributed by atoms with Gasteiger partial charge in [0.25, 0.3) is 0 Å². The quantitative estimate of drug-likeness (QED) is 0.756. The molecule has 2 rings (SSSR count). The first-order chi connectivity index (χ1) is 6.53. The van der Waals surface area contributed by atoms with E-state index in [0.29, 0.717) is 6.54 Å². The Kier molecular flexibility index (Phi) is 2.14. The highest BCUT2D eigenvalue weighted by molar-refractivity contribution is 9.10. The molecule has 0 saturated heterocycles. The van der Waals surface area contributed by atoms with Gasteiger partial charge >= 0.3 is 0 Å². The van der Waals surface area contributed by atoms with E-state index >= 15 is 0 Å². The van der Waals surface area contributed by atoms with Crippen LogP contribution in [0, 0.1) is 0 Å². The van der Waals surface area contributed by atoms with Crippen LogP contribution >= 0.6 is 15.9 Å². The number of benzene rings is 1. The van der Waals surface area contributed by atoms with Gasteiger partial charge in [-0.05, 0) is 31.0 Å². The maximum atomic E-state index is 11.7. The minimum atomic E-state index is -0.437. The smallest absolute Gasteiger partial charge is 0.230 e. The number of nitrogens with one attached hydrogen (secondary N) is 1. The summed E-state index contributed by atoms with van der Waals surface area (Å²) >= 11 is 3.51. The Morgan fingerprint density at radius 1 is 1.43 bits per heavy atom. The summed E-state index contributed by atoms with van der Waals surface area (Å²) < 4.78 is 1.02. The molecule has 0 atom stereocenters. The molecule has 74 valence electrons. The standard InChI is InChI=1S/C11H12BrNO/c1-11(2)9-7(6-13-10(11)14)4-3-5-8(9)12/h3-5H,6H2,1-2H3,(H,13,14). The second-order valence-corrected chi connectivity index (χ2v) is 4.94. The number of hydrogen-bond donors (Lipinski definition) is 1. The normalized spacial score (nSPS) is 18.6.